The molecule has 0 aliphatic heterocycles. The number of thiophene rings is 1. The topological polar surface area (TPSA) is 49.3 Å². The monoisotopic (exact) mass is 239 g/mol. The zero-order chi connectivity index (χ0) is 11.4. The third-order valence-corrected chi connectivity index (χ3v) is 4.17. The lowest BCUT2D eigenvalue weighted by molar-refractivity contribution is -0.146. The first-order valence-corrected chi connectivity index (χ1v) is 6.62. The Morgan fingerprint density at radius 3 is 2.75 bits per heavy atom. The Morgan fingerprint density at radius 2 is 2.19 bits per heavy atom. The van der Waals surface area contributed by atoms with Crippen LogP contribution in [0.4, 0.5) is 0 Å². The number of nitrogens with one attached hydrogen (secondary N) is 1. The van der Waals surface area contributed by atoms with Crippen LogP contribution in [0, 0.1) is 0 Å². The maximum absolute atomic E-state index is 11.4. The largest absolute Gasteiger partial charge is 0.480 e. The first kappa shape index (κ1) is 11.6. The first-order valence-electron chi connectivity index (χ1n) is 5.74. The summed E-state index contributed by atoms with van der Waals surface area (Å²) >= 11 is 1.67. The zero-order valence-electron chi connectivity index (χ0n) is 9.24. The van der Waals surface area contributed by atoms with Crippen LogP contribution in [0.3, 0.4) is 0 Å². The smallest absolute Gasteiger partial charge is 0.323 e. The van der Waals surface area contributed by atoms with Gasteiger partial charge in [-0.1, -0.05) is 25.3 Å². The molecule has 0 unspecified atom stereocenters. The van der Waals surface area contributed by atoms with Crippen molar-refractivity contribution in [2.24, 2.45) is 0 Å². The van der Waals surface area contributed by atoms with Crippen molar-refractivity contribution < 1.29 is 9.90 Å². The van der Waals surface area contributed by atoms with E-state index in [1.54, 1.807) is 11.3 Å². The van der Waals surface area contributed by atoms with Gasteiger partial charge in [-0.05, 0) is 24.3 Å². The lowest BCUT2D eigenvalue weighted by Gasteiger charge is -2.34. The Balaban J connectivity index is 2.00. The second kappa shape index (κ2) is 4.97. The van der Waals surface area contributed by atoms with Crippen LogP contribution in [-0.2, 0) is 11.3 Å². The van der Waals surface area contributed by atoms with Crippen LogP contribution in [0.1, 0.15) is 37.0 Å². The van der Waals surface area contributed by atoms with Crippen LogP contribution >= 0.6 is 11.3 Å². The minimum absolute atomic E-state index is 0.671. The molecule has 1 aliphatic carbocycles. The van der Waals surface area contributed by atoms with Crippen LogP contribution in [0.5, 0.6) is 0 Å². The van der Waals surface area contributed by atoms with Gasteiger partial charge in [0, 0.05) is 11.4 Å². The van der Waals surface area contributed by atoms with Gasteiger partial charge in [0.1, 0.15) is 5.54 Å². The van der Waals surface area contributed by atoms with Crippen LogP contribution in [0.15, 0.2) is 17.5 Å². The fourth-order valence-electron chi connectivity index (χ4n) is 2.29. The zero-order valence-corrected chi connectivity index (χ0v) is 10.1. The van der Waals surface area contributed by atoms with E-state index >= 15 is 0 Å². The van der Waals surface area contributed by atoms with E-state index in [1.807, 2.05) is 17.5 Å². The van der Waals surface area contributed by atoms with E-state index in [1.165, 1.54) is 4.88 Å². The van der Waals surface area contributed by atoms with E-state index in [9.17, 15) is 9.90 Å². The van der Waals surface area contributed by atoms with Gasteiger partial charge in [0.2, 0.25) is 0 Å². The molecule has 88 valence electrons. The van der Waals surface area contributed by atoms with Crippen LogP contribution in [-0.4, -0.2) is 16.6 Å². The van der Waals surface area contributed by atoms with Crippen molar-refractivity contribution in [1.82, 2.24) is 5.32 Å². The third-order valence-electron chi connectivity index (χ3n) is 3.30. The summed E-state index contributed by atoms with van der Waals surface area (Å²) in [7, 11) is 0. The van der Waals surface area contributed by atoms with Crippen molar-refractivity contribution in [3.05, 3.63) is 22.4 Å². The minimum atomic E-state index is -0.691. The minimum Gasteiger partial charge on any atom is -0.480 e. The second-order valence-electron chi connectivity index (χ2n) is 4.38. The average Bonchev–Trinajstić information content (AvgIpc) is 2.80. The SMILES string of the molecule is O=C(O)C1(NCc2cccs2)CCCCC1. The molecule has 1 heterocycles. The van der Waals surface area contributed by atoms with Gasteiger partial charge in [0.25, 0.3) is 0 Å². The van der Waals surface area contributed by atoms with Crippen molar-refractivity contribution in [1.29, 1.82) is 0 Å². The highest BCUT2D eigenvalue weighted by Gasteiger charge is 2.38. The van der Waals surface area contributed by atoms with Gasteiger partial charge in [-0.2, -0.15) is 0 Å². The molecule has 0 radical (unpaired) electrons. The molecule has 0 atom stereocenters. The molecule has 0 aromatic carbocycles. The molecule has 1 fully saturated rings. The summed E-state index contributed by atoms with van der Waals surface area (Å²) in [5.74, 6) is -0.691. The number of hydrogen-bond donors (Lipinski definition) is 2. The number of rotatable bonds is 4. The summed E-state index contributed by atoms with van der Waals surface area (Å²) < 4.78 is 0. The molecule has 0 saturated heterocycles. The van der Waals surface area contributed by atoms with Gasteiger partial charge in [-0.3, -0.25) is 10.1 Å². The van der Waals surface area contributed by atoms with Crippen LogP contribution in [0.2, 0.25) is 0 Å². The molecular weight excluding hydrogens is 222 g/mol. The fourth-order valence-corrected chi connectivity index (χ4v) is 2.94. The number of aliphatic carboxylic acids is 1. The van der Waals surface area contributed by atoms with Gasteiger partial charge < -0.3 is 5.11 Å². The van der Waals surface area contributed by atoms with E-state index < -0.39 is 11.5 Å². The maximum Gasteiger partial charge on any atom is 0.323 e. The van der Waals surface area contributed by atoms with Crippen molar-refractivity contribution in [2.45, 2.75) is 44.2 Å². The van der Waals surface area contributed by atoms with Crippen molar-refractivity contribution in [3.8, 4) is 0 Å². The molecule has 0 bridgehead atoms. The Kier molecular flexibility index (Phi) is 3.61. The summed E-state index contributed by atoms with van der Waals surface area (Å²) in [5.41, 5.74) is -0.678. The predicted molar refractivity (Wildman–Crippen MR) is 64.6 cm³/mol. The predicted octanol–water partition coefficient (Wildman–Crippen LogP) is 2.63. The quantitative estimate of drug-likeness (QED) is 0.849. The standard InChI is InChI=1S/C12H17NO2S/c14-11(15)12(6-2-1-3-7-12)13-9-10-5-4-8-16-10/h4-5,8,13H,1-3,6-7,9H2,(H,14,15). The molecule has 0 amide bonds. The van der Waals surface area contributed by atoms with Crippen LogP contribution in [0.25, 0.3) is 0 Å². The highest BCUT2D eigenvalue weighted by molar-refractivity contribution is 7.09. The lowest BCUT2D eigenvalue weighted by atomic mass is 9.81. The van der Waals surface area contributed by atoms with E-state index in [2.05, 4.69) is 5.32 Å². The summed E-state index contributed by atoms with van der Waals surface area (Å²) in [5, 5.41) is 14.6. The van der Waals surface area contributed by atoms with Gasteiger partial charge in [-0.15, -0.1) is 11.3 Å². The Hall–Kier alpha value is -0.870. The molecule has 1 saturated carbocycles. The highest BCUT2D eigenvalue weighted by Crippen LogP contribution is 2.29. The van der Waals surface area contributed by atoms with Gasteiger partial charge in [0.05, 0.1) is 0 Å². The van der Waals surface area contributed by atoms with Gasteiger partial charge in [-0.25, -0.2) is 0 Å². The number of carbonyl (C=O) groups is 1. The molecule has 1 aliphatic rings. The average molecular weight is 239 g/mol. The normalized spacial score (nSPS) is 19.5. The fraction of sp³-hybridized carbons (Fsp3) is 0.583. The summed E-state index contributed by atoms with van der Waals surface area (Å²) in [4.78, 5) is 12.6. The molecular formula is C12H17NO2S. The number of carboxylic acid groups (broad SMARTS) is 1. The molecule has 16 heavy (non-hydrogen) atoms. The lowest BCUT2D eigenvalue weighted by Crippen LogP contribution is -2.52. The Labute approximate surface area is 99.5 Å². The van der Waals surface area contributed by atoms with Crippen molar-refractivity contribution in [3.63, 3.8) is 0 Å². The summed E-state index contributed by atoms with van der Waals surface area (Å²) in [6, 6.07) is 4.03. The number of hydrogen-bond acceptors (Lipinski definition) is 3. The molecule has 2 rings (SSSR count). The van der Waals surface area contributed by atoms with Crippen LogP contribution < -0.4 is 5.32 Å². The van der Waals surface area contributed by atoms with E-state index in [0.717, 1.165) is 32.1 Å². The highest BCUT2D eigenvalue weighted by atomic mass is 32.1. The third kappa shape index (κ3) is 2.44. The van der Waals surface area contributed by atoms with E-state index in [0.29, 0.717) is 6.54 Å². The number of carboxylic acids is 1. The molecule has 0 spiro atoms. The Morgan fingerprint density at radius 1 is 1.44 bits per heavy atom. The van der Waals surface area contributed by atoms with Crippen molar-refractivity contribution in [2.75, 3.05) is 0 Å². The maximum atomic E-state index is 11.4. The van der Waals surface area contributed by atoms with Gasteiger partial charge in [0.15, 0.2) is 0 Å². The molecule has 1 aromatic heterocycles. The summed E-state index contributed by atoms with van der Waals surface area (Å²) in [6.07, 6.45) is 4.71. The first-order chi connectivity index (χ1) is 7.73. The molecule has 2 N–H and O–H groups in total. The molecule has 4 heteroatoms. The van der Waals surface area contributed by atoms with E-state index in [-0.39, 0.29) is 0 Å². The van der Waals surface area contributed by atoms with Gasteiger partial charge >= 0.3 is 5.97 Å². The summed E-state index contributed by atoms with van der Waals surface area (Å²) in [6.45, 7) is 0.671. The molecule has 3 nitrogen and oxygen atoms in total. The van der Waals surface area contributed by atoms with Crippen molar-refractivity contribution >= 4 is 17.3 Å². The van der Waals surface area contributed by atoms with E-state index in [4.69, 9.17) is 0 Å². The second-order valence-corrected chi connectivity index (χ2v) is 5.41. The Bertz CT molecular complexity index is 342. The molecule has 1 aromatic rings.